The third-order valence-electron chi connectivity index (χ3n) is 2.07. The van der Waals surface area contributed by atoms with E-state index in [1.54, 1.807) is 6.92 Å². The molecule has 1 rings (SSSR count). The number of benzene rings is 1. The maximum atomic E-state index is 12.4. The molecule has 0 fully saturated rings. The van der Waals surface area contributed by atoms with Gasteiger partial charge in [-0.2, -0.15) is 13.2 Å². The molecule has 0 aromatic heterocycles. The minimum Gasteiger partial charge on any atom is -0.450 e. The number of carbonyl (C=O) groups excluding carboxylic acids is 1. The molecule has 0 bridgehead atoms. The molecule has 1 aromatic carbocycles. The van der Waals surface area contributed by atoms with E-state index in [9.17, 15) is 18.0 Å². The minimum atomic E-state index is -4.38. The SMILES string of the molecule is CC.CCOC(=O)Nc1ccc(C(F)(F)F)cc1C. The van der Waals surface area contributed by atoms with Crippen molar-refractivity contribution in [1.82, 2.24) is 0 Å². The standard InChI is InChI=1S/C11H12F3NO2.C2H6/c1-3-17-10(16)15-9-5-4-8(6-7(9)2)11(12,13)14;1-2/h4-6H,3H2,1-2H3,(H,15,16);1-2H3. The lowest BCUT2D eigenvalue weighted by molar-refractivity contribution is -0.137. The third-order valence-corrected chi connectivity index (χ3v) is 2.07. The van der Waals surface area contributed by atoms with Crippen LogP contribution in [0.25, 0.3) is 0 Å². The highest BCUT2D eigenvalue weighted by atomic mass is 19.4. The summed E-state index contributed by atoms with van der Waals surface area (Å²) in [6, 6.07) is 3.09. The second-order valence-corrected chi connectivity index (χ2v) is 3.37. The van der Waals surface area contributed by atoms with Gasteiger partial charge >= 0.3 is 12.3 Å². The van der Waals surface area contributed by atoms with Crippen molar-refractivity contribution in [2.45, 2.75) is 33.9 Å². The molecule has 0 saturated carbocycles. The number of hydrogen-bond donors (Lipinski definition) is 1. The van der Waals surface area contributed by atoms with Gasteiger partial charge in [-0.1, -0.05) is 13.8 Å². The highest BCUT2D eigenvalue weighted by Gasteiger charge is 2.30. The molecule has 108 valence electrons. The molecule has 1 aromatic rings. The number of alkyl halides is 3. The highest BCUT2D eigenvalue weighted by Crippen LogP contribution is 2.31. The molecule has 19 heavy (non-hydrogen) atoms. The topological polar surface area (TPSA) is 38.3 Å². The Balaban J connectivity index is 0.00000154. The van der Waals surface area contributed by atoms with Crippen LogP contribution in [0.2, 0.25) is 0 Å². The van der Waals surface area contributed by atoms with E-state index < -0.39 is 17.8 Å². The zero-order valence-electron chi connectivity index (χ0n) is 11.4. The van der Waals surface area contributed by atoms with Gasteiger partial charge < -0.3 is 4.74 Å². The molecule has 3 nitrogen and oxygen atoms in total. The number of anilines is 1. The molecular weight excluding hydrogens is 259 g/mol. The van der Waals surface area contributed by atoms with Gasteiger partial charge in [0, 0.05) is 5.69 Å². The molecule has 0 aliphatic rings. The number of carbonyl (C=O) groups is 1. The molecule has 0 heterocycles. The molecular formula is C13H18F3NO2. The number of nitrogens with one attached hydrogen (secondary N) is 1. The third kappa shape index (κ3) is 5.63. The minimum absolute atomic E-state index is 0.200. The van der Waals surface area contributed by atoms with Crippen molar-refractivity contribution in [2.24, 2.45) is 0 Å². The Labute approximate surface area is 110 Å². The molecule has 0 aliphatic heterocycles. The van der Waals surface area contributed by atoms with Gasteiger partial charge in [0.15, 0.2) is 0 Å². The van der Waals surface area contributed by atoms with Crippen molar-refractivity contribution >= 4 is 11.8 Å². The van der Waals surface area contributed by atoms with Crippen molar-refractivity contribution in [3.05, 3.63) is 29.3 Å². The van der Waals surface area contributed by atoms with E-state index in [0.29, 0.717) is 11.3 Å². The Morgan fingerprint density at radius 2 is 1.89 bits per heavy atom. The Bertz CT molecular complexity index is 417. The van der Waals surface area contributed by atoms with Crippen LogP contribution in [0.5, 0.6) is 0 Å². The fourth-order valence-electron chi connectivity index (χ4n) is 1.26. The molecule has 0 unspecified atom stereocenters. The van der Waals surface area contributed by atoms with Crippen molar-refractivity contribution in [2.75, 3.05) is 11.9 Å². The number of amides is 1. The van der Waals surface area contributed by atoms with Crippen LogP contribution in [-0.4, -0.2) is 12.7 Å². The monoisotopic (exact) mass is 277 g/mol. The van der Waals surface area contributed by atoms with E-state index in [4.69, 9.17) is 0 Å². The molecule has 1 amide bonds. The fourth-order valence-corrected chi connectivity index (χ4v) is 1.26. The lowest BCUT2D eigenvalue weighted by Gasteiger charge is -2.11. The zero-order valence-corrected chi connectivity index (χ0v) is 11.4. The second-order valence-electron chi connectivity index (χ2n) is 3.37. The summed E-state index contributed by atoms with van der Waals surface area (Å²) in [5.41, 5.74) is -0.117. The highest BCUT2D eigenvalue weighted by molar-refractivity contribution is 5.85. The van der Waals surface area contributed by atoms with Crippen LogP contribution in [0.15, 0.2) is 18.2 Å². The predicted molar refractivity (Wildman–Crippen MR) is 68.2 cm³/mol. The van der Waals surface area contributed by atoms with Gasteiger partial charge in [-0.05, 0) is 37.6 Å². The first kappa shape index (κ1) is 17.3. The zero-order chi connectivity index (χ0) is 15.1. The Morgan fingerprint density at radius 1 is 1.32 bits per heavy atom. The predicted octanol–water partition coefficient (Wildman–Crippen LogP) is 4.61. The summed E-state index contributed by atoms with van der Waals surface area (Å²) in [4.78, 5) is 11.1. The number of rotatable bonds is 2. The lowest BCUT2D eigenvalue weighted by atomic mass is 10.1. The van der Waals surface area contributed by atoms with Crippen LogP contribution in [-0.2, 0) is 10.9 Å². The van der Waals surface area contributed by atoms with Gasteiger partial charge in [0.25, 0.3) is 0 Å². The van der Waals surface area contributed by atoms with Crippen LogP contribution < -0.4 is 5.32 Å². The van der Waals surface area contributed by atoms with E-state index in [1.807, 2.05) is 13.8 Å². The first-order chi connectivity index (χ1) is 8.84. The van der Waals surface area contributed by atoms with Crippen molar-refractivity contribution in [3.63, 3.8) is 0 Å². The number of hydrogen-bond acceptors (Lipinski definition) is 2. The molecule has 0 radical (unpaired) electrons. The van der Waals surface area contributed by atoms with Crippen molar-refractivity contribution < 1.29 is 22.7 Å². The van der Waals surface area contributed by atoms with Gasteiger partial charge in [0.05, 0.1) is 12.2 Å². The van der Waals surface area contributed by atoms with Crippen LogP contribution in [0.3, 0.4) is 0 Å². The van der Waals surface area contributed by atoms with Gasteiger partial charge in [-0.25, -0.2) is 4.79 Å². The number of halogens is 3. The number of ether oxygens (including phenoxy) is 1. The average molecular weight is 277 g/mol. The van der Waals surface area contributed by atoms with E-state index in [-0.39, 0.29) is 6.61 Å². The quantitative estimate of drug-likeness (QED) is 0.857. The largest absolute Gasteiger partial charge is 0.450 e. The van der Waals surface area contributed by atoms with E-state index >= 15 is 0 Å². The molecule has 1 N–H and O–H groups in total. The van der Waals surface area contributed by atoms with E-state index in [1.165, 1.54) is 13.0 Å². The average Bonchev–Trinajstić information content (AvgIpc) is 2.33. The smallest absolute Gasteiger partial charge is 0.416 e. The van der Waals surface area contributed by atoms with Crippen LogP contribution in [0.1, 0.15) is 31.9 Å². The summed E-state index contributed by atoms with van der Waals surface area (Å²) >= 11 is 0. The summed E-state index contributed by atoms with van der Waals surface area (Å²) in [6.07, 6.45) is -5.07. The Kier molecular flexibility index (Phi) is 6.96. The van der Waals surface area contributed by atoms with E-state index in [2.05, 4.69) is 10.1 Å². The molecule has 6 heteroatoms. The summed E-state index contributed by atoms with van der Waals surface area (Å²) in [7, 11) is 0. The molecule has 0 spiro atoms. The number of aryl methyl sites for hydroxylation is 1. The second kappa shape index (κ2) is 7.66. The van der Waals surface area contributed by atoms with Crippen molar-refractivity contribution in [3.8, 4) is 0 Å². The first-order valence-corrected chi connectivity index (χ1v) is 5.96. The van der Waals surface area contributed by atoms with E-state index in [0.717, 1.165) is 12.1 Å². The molecule has 0 atom stereocenters. The summed E-state index contributed by atoms with van der Waals surface area (Å²) in [6.45, 7) is 7.32. The van der Waals surface area contributed by atoms with Crippen LogP contribution in [0.4, 0.5) is 23.7 Å². The lowest BCUT2D eigenvalue weighted by Crippen LogP contribution is -2.14. The Morgan fingerprint density at radius 3 is 2.32 bits per heavy atom. The maximum Gasteiger partial charge on any atom is 0.416 e. The molecule has 0 aliphatic carbocycles. The maximum absolute atomic E-state index is 12.4. The summed E-state index contributed by atoms with van der Waals surface area (Å²) < 4.78 is 41.7. The molecule has 0 saturated heterocycles. The van der Waals surface area contributed by atoms with Gasteiger partial charge in [0.2, 0.25) is 0 Å². The Hall–Kier alpha value is -1.72. The van der Waals surface area contributed by atoms with Gasteiger partial charge in [0.1, 0.15) is 0 Å². The summed E-state index contributed by atoms with van der Waals surface area (Å²) in [5, 5.41) is 2.36. The van der Waals surface area contributed by atoms with Crippen LogP contribution >= 0.6 is 0 Å². The van der Waals surface area contributed by atoms with Gasteiger partial charge in [-0.15, -0.1) is 0 Å². The fraction of sp³-hybridized carbons (Fsp3) is 0.462. The van der Waals surface area contributed by atoms with Crippen LogP contribution in [0, 0.1) is 6.92 Å². The van der Waals surface area contributed by atoms with Crippen molar-refractivity contribution in [1.29, 1.82) is 0 Å². The summed E-state index contributed by atoms with van der Waals surface area (Å²) in [5.74, 6) is 0. The van der Waals surface area contributed by atoms with Gasteiger partial charge in [-0.3, -0.25) is 5.32 Å². The first-order valence-electron chi connectivity index (χ1n) is 5.96. The normalized spacial score (nSPS) is 10.3.